The Labute approximate surface area is 185 Å². The van der Waals surface area contributed by atoms with Gasteiger partial charge in [-0.3, -0.25) is 4.79 Å². The Morgan fingerprint density at radius 1 is 1.28 bits per heavy atom. The summed E-state index contributed by atoms with van der Waals surface area (Å²) in [4.78, 5) is 35.1. The molecule has 0 aliphatic heterocycles. The average Bonchev–Trinajstić information content (AvgIpc) is 2.74. The summed E-state index contributed by atoms with van der Waals surface area (Å²) < 4.78 is 21.6. The second-order valence-corrected chi connectivity index (χ2v) is 7.74. The third kappa shape index (κ3) is 4.91. The highest BCUT2D eigenvalue weighted by Gasteiger charge is 2.20. The van der Waals surface area contributed by atoms with Gasteiger partial charge >= 0.3 is 5.97 Å². The molecule has 0 spiro atoms. The van der Waals surface area contributed by atoms with Crippen LogP contribution in [0, 0.1) is 5.82 Å². The Kier molecular flexibility index (Phi) is 7.45. The first-order valence-electron chi connectivity index (χ1n) is 9.98. The zero-order valence-corrected chi connectivity index (χ0v) is 18.6. The van der Waals surface area contributed by atoms with E-state index >= 15 is 4.39 Å². The van der Waals surface area contributed by atoms with Gasteiger partial charge in [0, 0.05) is 30.4 Å². The van der Waals surface area contributed by atoms with E-state index < -0.39 is 37.9 Å². The summed E-state index contributed by atoms with van der Waals surface area (Å²) in [6.45, 7) is 4.22. The molecule has 1 aromatic heterocycles. The van der Waals surface area contributed by atoms with Gasteiger partial charge in [-0.1, -0.05) is 6.92 Å². The fourth-order valence-electron chi connectivity index (χ4n) is 3.57. The summed E-state index contributed by atoms with van der Waals surface area (Å²) in [5.41, 5.74) is -0.232. The van der Waals surface area contributed by atoms with E-state index in [-0.39, 0.29) is 17.6 Å². The van der Waals surface area contributed by atoms with Crippen molar-refractivity contribution in [2.24, 2.45) is 0 Å². The van der Waals surface area contributed by atoms with Crippen molar-refractivity contribution in [2.75, 3.05) is 18.0 Å². The fourth-order valence-corrected chi connectivity index (χ4v) is 3.81. The van der Waals surface area contributed by atoms with E-state index in [0.29, 0.717) is 29.9 Å². The van der Waals surface area contributed by atoms with Crippen LogP contribution in [0.4, 0.5) is 10.1 Å². The number of hydrogen-bond acceptors (Lipinski definition) is 6. The van der Waals surface area contributed by atoms with Crippen molar-refractivity contribution in [1.29, 1.82) is 0 Å². The lowest BCUT2D eigenvalue weighted by Crippen LogP contribution is -2.32. The normalized spacial score (nSPS) is 12.4. The third-order valence-corrected chi connectivity index (χ3v) is 5.23. The van der Waals surface area contributed by atoms with Crippen molar-refractivity contribution < 1.29 is 28.8 Å². The Morgan fingerprint density at radius 2 is 1.97 bits per heavy atom. The minimum Gasteiger partial charge on any atom is -0.477 e. The highest BCUT2D eigenvalue weighted by atomic mass is 31.1. The van der Waals surface area contributed by atoms with Crippen molar-refractivity contribution in [3.63, 3.8) is 0 Å². The van der Waals surface area contributed by atoms with Gasteiger partial charge < -0.3 is 29.1 Å². The predicted octanol–water partition coefficient (Wildman–Crippen LogP) is 3.30. The van der Waals surface area contributed by atoms with Crippen molar-refractivity contribution in [3.8, 4) is 11.4 Å². The van der Waals surface area contributed by atoms with Crippen LogP contribution in [-0.2, 0) is 0 Å². The van der Waals surface area contributed by atoms with Crippen molar-refractivity contribution >= 4 is 31.6 Å². The first-order valence-corrected chi connectivity index (χ1v) is 10.8. The quantitative estimate of drug-likeness (QED) is 0.418. The molecule has 3 aromatic rings. The number of aliphatic hydroxyl groups is 1. The maximum atomic E-state index is 15.1. The first kappa shape index (κ1) is 23.7. The lowest BCUT2D eigenvalue weighted by Gasteiger charge is -2.27. The van der Waals surface area contributed by atoms with Crippen LogP contribution in [0.15, 0.2) is 47.4 Å². The Hall–Kier alpha value is -3.00. The number of halogens is 1. The predicted molar refractivity (Wildman–Crippen MR) is 122 cm³/mol. The minimum absolute atomic E-state index is 0.0724. The lowest BCUT2D eigenvalue weighted by atomic mass is 10.1. The molecule has 0 saturated carbocycles. The second-order valence-electron chi connectivity index (χ2n) is 7.35. The zero-order valence-electron chi connectivity index (χ0n) is 17.6. The molecule has 0 aliphatic rings. The van der Waals surface area contributed by atoms with Gasteiger partial charge in [0.2, 0.25) is 14.5 Å². The van der Waals surface area contributed by atoms with Crippen LogP contribution >= 0.6 is 9.03 Å². The van der Waals surface area contributed by atoms with Crippen LogP contribution in [-0.4, -0.2) is 44.8 Å². The van der Waals surface area contributed by atoms with Gasteiger partial charge in [0.1, 0.15) is 17.1 Å². The van der Waals surface area contributed by atoms with Crippen LogP contribution in [0.1, 0.15) is 30.6 Å². The van der Waals surface area contributed by atoms with E-state index in [1.54, 1.807) is 36.1 Å². The van der Waals surface area contributed by atoms with Crippen molar-refractivity contribution in [2.45, 2.75) is 26.4 Å². The molecule has 3 N–H and O–H groups in total. The number of aromatic carboxylic acids is 1. The largest absolute Gasteiger partial charge is 0.477 e. The fraction of sp³-hybridized carbons (Fsp3) is 0.273. The van der Waals surface area contributed by atoms with E-state index in [9.17, 15) is 19.8 Å². The molecule has 2 aromatic carbocycles. The second kappa shape index (κ2) is 10.1. The molecule has 0 saturated heterocycles. The molecule has 0 bridgehead atoms. The monoisotopic (exact) mass is 462 g/mol. The number of rotatable bonds is 9. The van der Waals surface area contributed by atoms with Gasteiger partial charge in [-0.2, -0.15) is 0 Å². The Morgan fingerprint density at radius 3 is 2.53 bits per heavy atom. The topological polar surface area (TPSA) is 112 Å². The lowest BCUT2D eigenvalue weighted by molar-refractivity contribution is 0.0695. The summed E-state index contributed by atoms with van der Waals surface area (Å²) in [6, 6.07) is 8.98. The molecule has 3 rings (SSSR count). The minimum atomic E-state index is -1.42. The smallest absolute Gasteiger partial charge is 0.341 e. The molecule has 0 fully saturated rings. The highest BCUT2D eigenvalue weighted by molar-refractivity contribution is 7.25. The van der Waals surface area contributed by atoms with Gasteiger partial charge in [0.05, 0.1) is 17.3 Å². The molecule has 0 radical (unpaired) electrons. The van der Waals surface area contributed by atoms with Crippen LogP contribution < -0.4 is 14.9 Å². The van der Waals surface area contributed by atoms with Crippen LogP contribution in [0.3, 0.4) is 0 Å². The average molecular weight is 462 g/mol. The van der Waals surface area contributed by atoms with E-state index in [1.807, 2.05) is 6.92 Å². The Bertz CT molecular complexity index is 1180. The first-order chi connectivity index (χ1) is 15.3. The number of hydrogen-bond donors (Lipinski definition) is 3. The number of carboxylic acids is 1. The number of aromatic nitrogens is 1. The number of carboxylic acid groups (broad SMARTS) is 1. The molecule has 8 nitrogen and oxygen atoms in total. The van der Waals surface area contributed by atoms with Crippen molar-refractivity contribution in [1.82, 2.24) is 4.57 Å². The van der Waals surface area contributed by atoms with Gasteiger partial charge in [0.25, 0.3) is 0 Å². The summed E-state index contributed by atoms with van der Waals surface area (Å²) in [7, 11) is -0.726. The molecule has 2 unspecified atom stereocenters. The summed E-state index contributed by atoms with van der Waals surface area (Å²) in [5, 5.41) is 19.3. The molecular weight excluding hydrogens is 438 g/mol. The van der Waals surface area contributed by atoms with Crippen LogP contribution in [0.2, 0.25) is 0 Å². The van der Waals surface area contributed by atoms with Gasteiger partial charge in [-0.15, -0.1) is 0 Å². The van der Waals surface area contributed by atoms with Gasteiger partial charge in [0.15, 0.2) is 0 Å². The molecular formula is C22H24FN2O6P. The number of nitrogens with zero attached hydrogens (tertiary/aromatic N) is 2. The number of carbonyl (C=O) groups is 1. The van der Waals surface area contributed by atoms with E-state index in [2.05, 4.69) is 0 Å². The van der Waals surface area contributed by atoms with Crippen molar-refractivity contribution in [3.05, 3.63) is 64.2 Å². The number of anilines is 1. The molecule has 0 aliphatic carbocycles. The summed E-state index contributed by atoms with van der Waals surface area (Å²) in [6.07, 6.45) is 1.21. The van der Waals surface area contributed by atoms with E-state index in [0.717, 1.165) is 6.07 Å². The van der Waals surface area contributed by atoms with Crippen LogP contribution in [0.25, 0.3) is 16.6 Å². The molecule has 1 heterocycles. The Balaban J connectivity index is 2.29. The van der Waals surface area contributed by atoms with E-state index in [4.69, 9.17) is 9.42 Å². The van der Waals surface area contributed by atoms with Gasteiger partial charge in [-0.05, 0) is 49.7 Å². The third-order valence-electron chi connectivity index (χ3n) is 4.90. The molecule has 0 amide bonds. The number of fused-ring (bicyclic) bond motifs is 1. The number of benzene rings is 2. The summed E-state index contributed by atoms with van der Waals surface area (Å²) in [5.74, 6) is -1.68. The van der Waals surface area contributed by atoms with Crippen LogP contribution in [0.5, 0.6) is 5.75 Å². The SMILES string of the molecule is CCCN(CC(C)O)c1cc2c(cc1F)c(=O)c(C(=O)O)cn2-c1ccc(OPO)cc1. The molecule has 170 valence electrons. The molecule has 32 heavy (non-hydrogen) atoms. The standard InChI is InChI=1S/C22H24FN2O6P/c1-3-8-24(11-13(2)26)20-10-19-16(9-18(20)23)21(27)17(22(28)29)12-25(19)14-4-6-15(7-5-14)31-32-30/h4-7,9-10,12-13,26,30,32H,3,8,11H2,1-2H3,(H,28,29). The maximum Gasteiger partial charge on any atom is 0.341 e. The number of pyridine rings is 1. The highest BCUT2D eigenvalue weighted by Crippen LogP contribution is 2.28. The zero-order chi connectivity index (χ0) is 23.4. The molecule has 10 heteroatoms. The maximum absolute atomic E-state index is 15.1. The number of aliphatic hydroxyl groups excluding tert-OH is 1. The van der Waals surface area contributed by atoms with E-state index in [1.165, 1.54) is 16.8 Å². The molecule has 2 atom stereocenters. The summed E-state index contributed by atoms with van der Waals surface area (Å²) >= 11 is 0. The van der Waals surface area contributed by atoms with Gasteiger partial charge in [-0.25, -0.2) is 9.18 Å².